The number of fused-ring (bicyclic) bond motifs is 3. The molecule has 0 radical (unpaired) electrons. The minimum absolute atomic E-state index is 0.110. The van der Waals surface area contributed by atoms with Crippen molar-refractivity contribution < 1.29 is 14.3 Å². The van der Waals surface area contributed by atoms with Crippen LogP contribution in [0.1, 0.15) is 78.6 Å². The summed E-state index contributed by atoms with van der Waals surface area (Å²) in [5.74, 6) is 2.50. The molecular weight excluding hydrogens is 312 g/mol. The lowest BCUT2D eigenvalue weighted by Gasteiger charge is -2.63. The van der Waals surface area contributed by atoms with Gasteiger partial charge in [-0.1, -0.05) is 20.3 Å². The van der Waals surface area contributed by atoms with Crippen LogP contribution in [0, 0.1) is 39.9 Å². The molecule has 4 rings (SSSR count). The van der Waals surface area contributed by atoms with Crippen LogP contribution >= 0.6 is 0 Å². The Labute approximate surface area is 152 Å². The van der Waals surface area contributed by atoms with Gasteiger partial charge in [0, 0.05) is 12.3 Å². The monoisotopic (exact) mass is 346 g/mol. The Hall–Kier alpha value is -0.860. The van der Waals surface area contributed by atoms with E-state index >= 15 is 0 Å². The summed E-state index contributed by atoms with van der Waals surface area (Å²) in [6.45, 7) is 6.89. The van der Waals surface area contributed by atoms with E-state index in [1.807, 2.05) is 0 Å². The fourth-order valence-electron chi connectivity index (χ4n) is 8.20. The van der Waals surface area contributed by atoms with Gasteiger partial charge in [0.25, 0.3) is 0 Å². The molecule has 7 atom stereocenters. The quantitative estimate of drug-likeness (QED) is 0.546. The Morgan fingerprint density at radius 1 is 1.08 bits per heavy atom. The van der Waals surface area contributed by atoms with Crippen molar-refractivity contribution >= 4 is 12.3 Å². The van der Waals surface area contributed by atoms with Crippen LogP contribution in [0.15, 0.2) is 0 Å². The Morgan fingerprint density at radius 2 is 1.88 bits per heavy atom. The second kappa shape index (κ2) is 5.82. The van der Waals surface area contributed by atoms with E-state index in [0.29, 0.717) is 29.3 Å². The fraction of sp³-hybridized carbons (Fsp3) is 0.909. The molecule has 4 fully saturated rings. The smallest absolute Gasteiger partial charge is 0.302 e. The summed E-state index contributed by atoms with van der Waals surface area (Å²) >= 11 is 0. The molecule has 3 nitrogen and oxygen atoms in total. The van der Waals surface area contributed by atoms with E-state index in [9.17, 15) is 9.59 Å². The molecule has 4 aliphatic carbocycles. The third-order valence-electron chi connectivity index (χ3n) is 9.09. The predicted octanol–water partition coefficient (Wildman–Crippen LogP) is 4.78. The van der Waals surface area contributed by atoms with Gasteiger partial charge in [-0.15, -0.1) is 0 Å². The molecule has 0 N–H and O–H groups in total. The first-order chi connectivity index (χ1) is 11.8. The highest BCUT2D eigenvalue weighted by Gasteiger charge is 2.64. The SMILES string of the molecule is CC(=O)OC[C@@H]1C[C@]23CC[C@H]4C(C)(C=O)CCC[C@]4(C)[C@H]2CC[C@@H]1C3. The zero-order chi connectivity index (χ0) is 17.9. The van der Waals surface area contributed by atoms with Crippen LogP contribution in [0.25, 0.3) is 0 Å². The first-order valence-corrected chi connectivity index (χ1v) is 10.4. The lowest BCUT2D eigenvalue weighted by atomic mass is 9.41. The normalized spacial score (nSPS) is 51.3. The van der Waals surface area contributed by atoms with Gasteiger partial charge in [-0.3, -0.25) is 4.79 Å². The second-order valence-corrected chi connectivity index (χ2v) is 10.3. The molecule has 25 heavy (non-hydrogen) atoms. The van der Waals surface area contributed by atoms with E-state index in [4.69, 9.17) is 4.74 Å². The number of hydrogen-bond acceptors (Lipinski definition) is 3. The summed E-state index contributed by atoms with van der Waals surface area (Å²) < 4.78 is 5.41. The zero-order valence-corrected chi connectivity index (χ0v) is 16.2. The summed E-state index contributed by atoms with van der Waals surface area (Å²) in [6, 6.07) is 0. The molecule has 1 spiro atoms. The maximum absolute atomic E-state index is 11.9. The molecule has 0 aromatic rings. The molecule has 4 aliphatic rings. The Kier molecular flexibility index (Phi) is 4.09. The van der Waals surface area contributed by atoms with E-state index in [1.54, 1.807) is 0 Å². The van der Waals surface area contributed by atoms with Crippen molar-refractivity contribution in [3.05, 3.63) is 0 Å². The van der Waals surface area contributed by atoms with Gasteiger partial charge in [-0.25, -0.2) is 0 Å². The minimum atomic E-state index is -0.139. The van der Waals surface area contributed by atoms with Gasteiger partial charge in [0.1, 0.15) is 6.29 Å². The van der Waals surface area contributed by atoms with Gasteiger partial charge in [-0.2, -0.15) is 0 Å². The average molecular weight is 347 g/mol. The Bertz CT molecular complexity index is 572. The van der Waals surface area contributed by atoms with Crippen LogP contribution in [0.2, 0.25) is 0 Å². The molecule has 0 heterocycles. The number of esters is 1. The first-order valence-electron chi connectivity index (χ1n) is 10.4. The third-order valence-corrected chi connectivity index (χ3v) is 9.09. The lowest BCUT2D eigenvalue weighted by Crippen LogP contribution is -2.56. The maximum atomic E-state index is 11.9. The Morgan fingerprint density at radius 3 is 2.60 bits per heavy atom. The van der Waals surface area contributed by atoms with Crippen molar-refractivity contribution in [3.8, 4) is 0 Å². The number of ether oxygens (including phenoxy) is 1. The largest absolute Gasteiger partial charge is 0.466 e. The molecule has 1 unspecified atom stereocenters. The standard InChI is InChI=1S/C22H34O3/c1-15(24)25-13-17-12-22-10-7-18-20(2,14-23)8-4-9-21(18,3)19(22)6-5-16(17)11-22/h14,16-19H,4-13H2,1-3H3/t16-,17+,18+,19-,20?,21+,22-/m1/s1. The molecule has 0 aromatic heterocycles. The summed E-state index contributed by atoms with van der Waals surface area (Å²) in [5.41, 5.74) is 0.675. The van der Waals surface area contributed by atoms with Gasteiger partial charge < -0.3 is 9.53 Å². The van der Waals surface area contributed by atoms with Crippen LogP contribution in [-0.4, -0.2) is 18.9 Å². The van der Waals surface area contributed by atoms with Crippen molar-refractivity contribution in [1.82, 2.24) is 0 Å². The van der Waals surface area contributed by atoms with Crippen molar-refractivity contribution in [2.24, 2.45) is 39.9 Å². The second-order valence-electron chi connectivity index (χ2n) is 10.3. The Balaban J connectivity index is 1.60. The van der Waals surface area contributed by atoms with E-state index < -0.39 is 0 Å². The maximum Gasteiger partial charge on any atom is 0.302 e. The van der Waals surface area contributed by atoms with Gasteiger partial charge in [0.2, 0.25) is 0 Å². The molecule has 140 valence electrons. The fourth-order valence-corrected chi connectivity index (χ4v) is 8.20. The average Bonchev–Trinajstić information content (AvgIpc) is 2.83. The van der Waals surface area contributed by atoms with Crippen LogP contribution in [0.4, 0.5) is 0 Å². The summed E-state index contributed by atoms with van der Waals surface area (Å²) in [5, 5.41) is 0. The van der Waals surface area contributed by atoms with Crippen LogP contribution in [-0.2, 0) is 14.3 Å². The highest BCUT2D eigenvalue weighted by Crippen LogP contribution is 2.72. The molecule has 0 aromatic carbocycles. The first kappa shape index (κ1) is 17.5. The van der Waals surface area contributed by atoms with E-state index in [-0.39, 0.29) is 11.4 Å². The molecule has 0 aliphatic heterocycles. The topological polar surface area (TPSA) is 43.4 Å². The number of carbonyl (C=O) groups is 2. The molecular formula is C22H34O3. The van der Waals surface area contributed by atoms with Crippen LogP contribution in [0.5, 0.6) is 0 Å². The van der Waals surface area contributed by atoms with Gasteiger partial charge in [0.05, 0.1) is 6.61 Å². The molecule has 0 saturated heterocycles. The number of aldehydes is 1. The lowest BCUT2D eigenvalue weighted by molar-refractivity contribution is -0.157. The van der Waals surface area contributed by atoms with E-state index in [2.05, 4.69) is 13.8 Å². The highest BCUT2D eigenvalue weighted by atomic mass is 16.5. The number of carbonyl (C=O) groups excluding carboxylic acids is 2. The summed E-state index contributed by atoms with van der Waals surface area (Å²) in [4.78, 5) is 23.2. The molecule has 2 bridgehead atoms. The van der Waals surface area contributed by atoms with Crippen molar-refractivity contribution in [3.63, 3.8) is 0 Å². The number of hydrogen-bond donors (Lipinski definition) is 0. The van der Waals surface area contributed by atoms with Crippen LogP contribution in [0.3, 0.4) is 0 Å². The van der Waals surface area contributed by atoms with E-state index in [0.717, 1.165) is 18.3 Å². The minimum Gasteiger partial charge on any atom is -0.466 e. The highest BCUT2D eigenvalue weighted by molar-refractivity contribution is 5.65. The molecule has 3 heteroatoms. The van der Waals surface area contributed by atoms with Gasteiger partial charge in [0.15, 0.2) is 0 Å². The predicted molar refractivity (Wildman–Crippen MR) is 96.9 cm³/mol. The van der Waals surface area contributed by atoms with E-state index in [1.165, 1.54) is 64.6 Å². The van der Waals surface area contributed by atoms with Gasteiger partial charge >= 0.3 is 5.97 Å². The summed E-state index contributed by atoms with van der Waals surface area (Å²) in [7, 11) is 0. The zero-order valence-electron chi connectivity index (χ0n) is 16.2. The van der Waals surface area contributed by atoms with Gasteiger partial charge in [-0.05, 0) is 85.9 Å². The van der Waals surface area contributed by atoms with Crippen molar-refractivity contribution in [2.45, 2.75) is 78.6 Å². The molecule has 0 amide bonds. The number of rotatable bonds is 3. The third kappa shape index (κ3) is 2.51. The molecule has 4 saturated carbocycles. The summed E-state index contributed by atoms with van der Waals surface area (Å²) in [6.07, 6.45) is 12.6. The van der Waals surface area contributed by atoms with Crippen LogP contribution < -0.4 is 0 Å². The van der Waals surface area contributed by atoms with Crippen molar-refractivity contribution in [1.29, 1.82) is 0 Å². The van der Waals surface area contributed by atoms with Crippen molar-refractivity contribution in [2.75, 3.05) is 6.61 Å².